The Morgan fingerprint density at radius 2 is 1.07 bits per heavy atom. The molecule has 14 heavy (non-hydrogen) atoms. The molecule has 0 radical (unpaired) electrons. The Hall–Kier alpha value is 0.763. The minimum absolute atomic E-state index is 0. The topological polar surface area (TPSA) is 90.0 Å². The molecule has 0 aromatic carbocycles. The molecular weight excluding hydrogens is 259 g/mol. The summed E-state index contributed by atoms with van der Waals surface area (Å²) < 4.78 is 0. The summed E-state index contributed by atoms with van der Waals surface area (Å²) in [6.07, 6.45) is 10.9. The first-order chi connectivity index (χ1) is 4.91. The number of unbranched alkanes of at least 4 members (excludes halogenated alkanes) is 7. The molecule has 4 heteroatoms. The molecule has 3 N–H and O–H groups in total. The first-order valence-electron chi connectivity index (χ1n) is 4.71. The quantitative estimate of drug-likeness (QED) is 0.529. The van der Waals surface area contributed by atoms with Crippen molar-refractivity contribution in [1.29, 1.82) is 0 Å². The summed E-state index contributed by atoms with van der Waals surface area (Å²) in [5.74, 6) is 0. The maximum atomic E-state index is 3.82. The summed E-state index contributed by atoms with van der Waals surface area (Å²) in [4.78, 5) is 0. The van der Waals surface area contributed by atoms with Gasteiger partial charge in [-0.2, -0.15) is 6.42 Å². The van der Waals surface area contributed by atoms with Crippen molar-refractivity contribution >= 4 is 0 Å². The molecule has 0 aliphatic rings. The molecule has 0 aliphatic carbocycles. The predicted molar refractivity (Wildman–Crippen MR) is 53.8 cm³/mol. The summed E-state index contributed by atoms with van der Waals surface area (Å²) in [6, 6.07) is 0. The Labute approximate surface area is 108 Å². The van der Waals surface area contributed by atoms with Crippen LogP contribution in [0.15, 0.2) is 0 Å². The molecule has 0 heterocycles. The van der Waals surface area contributed by atoms with Crippen LogP contribution in [0.25, 0.3) is 0 Å². The first kappa shape index (κ1) is 29.3. The van der Waals surface area contributed by atoms with E-state index in [1.165, 1.54) is 44.9 Å². The molecule has 0 rings (SSSR count). The van der Waals surface area contributed by atoms with E-state index in [2.05, 4.69) is 13.8 Å². The average Bonchev–Trinajstić information content (AvgIpc) is 1.97. The van der Waals surface area contributed by atoms with Crippen LogP contribution in [0.1, 0.15) is 58.3 Å². The SMILES string of the molecule is [CH2-]CCCCCCCCC.[OH-].[OH-].[OH-].[Zr+4]. The summed E-state index contributed by atoms with van der Waals surface area (Å²) >= 11 is 0. The van der Waals surface area contributed by atoms with E-state index >= 15 is 0 Å². The molecule has 0 unspecified atom stereocenters. The second-order valence-corrected chi connectivity index (χ2v) is 2.97. The van der Waals surface area contributed by atoms with Crippen LogP contribution >= 0.6 is 0 Å². The van der Waals surface area contributed by atoms with Gasteiger partial charge in [-0.1, -0.05) is 51.9 Å². The van der Waals surface area contributed by atoms with Crippen molar-refractivity contribution in [2.75, 3.05) is 0 Å². The van der Waals surface area contributed by atoms with E-state index in [9.17, 15) is 0 Å². The monoisotopic (exact) mass is 282 g/mol. The van der Waals surface area contributed by atoms with Crippen molar-refractivity contribution in [2.45, 2.75) is 58.3 Å². The number of rotatable bonds is 7. The van der Waals surface area contributed by atoms with Crippen molar-refractivity contribution in [3.05, 3.63) is 6.92 Å². The van der Waals surface area contributed by atoms with Gasteiger partial charge in [-0.15, -0.1) is 0 Å². The summed E-state index contributed by atoms with van der Waals surface area (Å²) in [5, 5.41) is 0. The molecule has 0 saturated heterocycles. The van der Waals surface area contributed by atoms with Gasteiger partial charge in [-0.05, 0) is 0 Å². The van der Waals surface area contributed by atoms with E-state index < -0.39 is 0 Å². The second-order valence-electron chi connectivity index (χ2n) is 2.97. The third kappa shape index (κ3) is 29.3. The van der Waals surface area contributed by atoms with E-state index in [4.69, 9.17) is 0 Å². The zero-order chi connectivity index (χ0) is 7.66. The average molecular weight is 284 g/mol. The molecule has 0 amide bonds. The predicted octanol–water partition coefficient (Wildman–Crippen LogP) is 3.43. The zero-order valence-corrected chi connectivity index (χ0v) is 11.7. The van der Waals surface area contributed by atoms with Crippen LogP contribution in [-0.4, -0.2) is 16.4 Å². The van der Waals surface area contributed by atoms with Gasteiger partial charge in [-0.3, -0.25) is 0 Å². The molecular formula is C10H24O3Zr. The molecule has 0 atom stereocenters. The fourth-order valence-corrected chi connectivity index (χ4v) is 1.13. The fourth-order valence-electron chi connectivity index (χ4n) is 1.13. The number of hydrogen-bond acceptors (Lipinski definition) is 3. The van der Waals surface area contributed by atoms with Gasteiger partial charge in [0.2, 0.25) is 0 Å². The summed E-state index contributed by atoms with van der Waals surface area (Å²) in [5.41, 5.74) is 0. The van der Waals surface area contributed by atoms with E-state index in [-0.39, 0.29) is 42.6 Å². The Morgan fingerprint density at radius 1 is 0.714 bits per heavy atom. The molecule has 0 fully saturated rings. The summed E-state index contributed by atoms with van der Waals surface area (Å²) in [7, 11) is 0. The fraction of sp³-hybridized carbons (Fsp3) is 0.900. The maximum Gasteiger partial charge on any atom is 4.00 e. The Morgan fingerprint density at radius 3 is 1.43 bits per heavy atom. The molecule has 0 aromatic rings. The molecule has 0 bridgehead atoms. The van der Waals surface area contributed by atoms with Crippen LogP contribution in [0, 0.1) is 6.92 Å². The van der Waals surface area contributed by atoms with Gasteiger partial charge in [0.25, 0.3) is 0 Å². The van der Waals surface area contributed by atoms with Crippen LogP contribution in [0.2, 0.25) is 0 Å². The van der Waals surface area contributed by atoms with Gasteiger partial charge in [0.05, 0.1) is 0 Å². The molecule has 3 nitrogen and oxygen atoms in total. The van der Waals surface area contributed by atoms with E-state index in [1.54, 1.807) is 0 Å². The van der Waals surface area contributed by atoms with Gasteiger partial charge >= 0.3 is 26.2 Å². The van der Waals surface area contributed by atoms with Crippen molar-refractivity contribution in [2.24, 2.45) is 0 Å². The van der Waals surface area contributed by atoms with Crippen LogP contribution < -0.4 is 0 Å². The van der Waals surface area contributed by atoms with Crippen molar-refractivity contribution in [1.82, 2.24) is 0 Å². The zero-order valence-electron chi connectivity index (χ0n) is 9.21. The third-order valence-corrected chi connectivity index (χ3v) is 1.85. The maximum absolute atomic E-state index is 3.82. The minimum atomic E-state index is 0. The van der Waals surface area contributed by atoms with Gasteiger partial charge in [0.15, 0.2) is 0 Å². The van der Waals surface area contributed by atoms with Crippen LogP contribution in [0.3, 0.4) is 0 Å². The Bertz CT molecular complexity index is 55.3. The van der Waals surface area contributed by atoms with Gasteiger partial charge < -0.3 is 23.4 Å². The van der Waals surface area contributed by atoms with Crippen LogP contribution in [0.4, 0.5) is 0 Å². The van der Waals surface area contributed by atoms with Crippen molar-refractivity contribution in [3.63, 3.8) is 0 Å². The molecule has 0 aliphatic heterocycles. The summed E-state index contributed by atoms with van der Waals surface area (Å²) in [6.45, 7) is 6.08. The Balaban J connectivity index is -0.0000000675. The molecule has 0 spiro atoms. The number of hydrogen-bond donors (Lipinski definition) is 0. The first-order valence-corrected chi connectivity index (χ1v) is 4.71. The smallest absolute Gasteiger partial charge is 0.870 e. The molecule has 0 saturated carbocycles. The van der Waals surface area contributed by atoms with Crippen LogP contribution in [-0.2, 0) is 26.2 Å². The second kappa shape index (κ2) is 29.2. The largest absolute Gasteiger partial charge is 4.00 e. The van der Waals surface area contributed by atoms with Gasteiger partial charge in [0, 0.05) is 0 Å². The van der Waals surface area contributed by atoms with Crippen molar-refractivity contribution in [3.8, 4) is 0 Å². The Kier molecular flexibility index (Phi) is 61.2. The van der Waals surface area contributed by atoms with Crippen molar-refractivity contribution < 1.29 is 42.6 Å². The minimum Gasteiger partial charge on any atom is -0.870 e. The van der Waals surface area contributed by atoms with Gasteiger partial charge in [0.1, 0.15) is 0 Å². The van der Waals surface area contributed by atoms with Crippen LogP contribution in [0.5, 0.6) is 0 Å². The van der Waals surface area contributed by atoms with E-state index in [0.717, 1.165) is 6.42 Å². The van der Waals surface area contributed by atoms with Gasteiger partial charge in [-0.25, -0.2) is 0 Å². The normalized spacial score (nSPS) is 7.29. The van der Waals surface area contributed by atoms with E-state index in [1.807, 2.05) is 0 Å². The molecule has 0 aromatic heterocycles. The molecule has 86 valence electrons. The van der Waals surface area contributed by atoms with E-state index in [0.29, 0.717) is 0 Å². The standard InChI is InChI=1S/C10H21.3H2O.Zr/c1-3-5-7-9-10-8-6-4-2;;;;/h1,3-10H2,2H3;3*1H2;/q-1;;;;+4/p-3. The third-order valence-electron chi connectivity index (χ3n) is 1.85.